The number of carbonyl (C=O) groups excluding carboxylic acids is 3. The van der Waals surface area contributed by atoms with Gasteiger partial charge >= 0.3 is 12.1 Å². The van der Waals surface area contributed by atoms with E-state index in [0.717, 1.165) is 66.7 Å². The lowest BCUT2D eigenvalue weighted by atomic mass is 10.00. The number of likely N-dealkylation sites (N-methyl/N-ethyl adjacent to an activating group) is 1. The van der Waals surface area contributed by atoms with Gasteiger partial charge < -0.3 is 29.7 Å². The number of aromatic amines is 1. The number of piperidine rings is 2. The summed E-state index contributed by atoms with van der Waals surface area (Å²) in [7, 11) is 2.17. The first-order chi connectivity index (χ1) is 22.4. The predicted octanol–water partition coefficient (Wildman–Crippen LogP) is 3.36. The summed E-state index contributed by atoms with van der Waals surface area (Å²) in [5.41, 5.74) is 3.79. The molecule has 3 saturated heterocycles. The van der Waals surface area contributed by atoms with Crippen LogP contribution in [0.5, 0.6) is 0 Å². The first-order valence-electron chi connectivity index (χ1n) is 16.7. The molecule has 0 spiro atoms. The smallest absolute Gasteiger partial charge is 0.410 e. The molecule has 4 amide bonds. The first-order valence-corrected chi connectivity index (χ1v) is 16.7. The van der Waals surface area contributed by atoms with Gasteiger partial charge in [-0.2, -0.15) is 5.10 Å². The number of nitrogens with zero attached hydrogens (tertiary/aromatic N) is 6. The third kappa shape index (κ3) is 6.54. The Bertz CT molecular complexity index is 1550. The minimum Gasteiger partial charge on any atom is -0.436 e. The monoisotopic (exact) mass is 628 g/mol. The Morgan fingerprint density at radius 1 is 0.913 bits per heavy atom. The molecule has 5 heterocycles. The zero-order valence-electron chi connectivity index (χ0n) is 26.6. The summed E-state index contributed by atoms with van der Waals surface area (Å²) < 4.78 is 6.07. The topological polar surface area (TPSA) is 117 Å². The third-order valence-electron chi connectivity index (χ3n) is 10.3. The number of rotatable bonds is 6. The maximum Gasteiger partial charge on any atom is 0.410 e. The van der Waals surface area contributed by atoms with Crippen LogP contribution in [0.1, 0.15) is 36.8 Å². The van der Waals surface area contributed by atoms with E-state index in [2.05, 4.69) is 32.4 Å². The lowest BCUT2D eigenvalue weighted by Crippen LogP contribution is -2.54. The minimum atomic E-state index is -0.917. The molecule has 3 fully saturated rings. The highest BCUT2D eigenvalue weighted by atomic mass is 16.6. The lowest BCUT2D eigenvalue weighted by molar-refractivity contribution is -0.142. The Labute approximate surface area is 269 Å². The van der Waals surface area contributed by atoms with E-state index in [1.165, 1.54) is 0 Å². The Balaban J connectivity index is 0.989. The Morgan fingerprint density at radius 3 is 2.41 bits per heavy atom. The average molecular weight is 629 g/mol. The number of anilines is 1. The number of H-pyrrole nitrogens is 1. The second-order valence-electron chi connectivity index (χ2n) is 13.2. The van der Waals surface area contributed by atoms with Gasteiger partial charge in [-0.15, -0.1) is 0 Å². The van der Waals surface area contributed by atoms with E-state index in [-0.39, 0.29) is 18.0 Å². The summed E-state index contributed by atoms with van der Waals surface area (Å²) in [4.78, 5) is 50.8. The minimum absolute atomic E-state index is 0.0260. The van der Waals surface area contributed by atoms with Gasteiger partial charge in [-0.1, -0.05) is 24.3 Å². The van der Waals surface area contributed by atoms with Crippen molar-refractivity contribution in [3.8, 4) is 0 Å². The predicted molar refractivity (Wildman–Crippen MR) is 174 cm³/mol. The van der Waals surface area contributed by atoms with Crippen LogP contribution in [0.3, 0.4) is 0 Å². The van der Waals surface area contributed by atoms with Crippen molar-refractivity contribution in [3.05, 3.63) is 59.8 Å². The molecule has 4 aliphatic rings. The average Bonchev–Trinajstić information content (AvgIpc) is 3.56. The van der Waals surface area contributed by atoms with E-state index in [1.807, 2.05) is 52.3 Å². The number of benzene rings is 2. The number of aromatic nitrogens is 2. The van der Waals surface area contributed by atoms with Crippen molar-refractivity contribution >= 4 is 34.6 Å². The first kappa shape index (κ1) is 30.5. The maximum atomic E-state index is 14.0. The van der Waals surface area contributed by atoms with Crippen LogP contribution in [-0.2, 0) is 22.5 Å². The summed E-state index contributed by atoms with van der Waals surface area (Å²) in [6, 6.07) is 14.2. The van der Waals surface area contributed by atoms with E-state index in [1.54, 1.807) is 11.1 Å². The van der Waals surface area contributed by atoms with Crippen LogP contribution >= 0.6 is 0 Å². The van der Waals surface area contributed by atoms with Crippen molar-refractivity contribution in [2.24, 2.45) is 0 Å². The number of carbonyl (C=O) groups is 3. The number of amides is 4. The van der Waals surface area contributed by atoms with Crippen LogP contribution in [-0.4, -0.2) is 130 Å². The van der Waals surface area contributed by atoms with E-state index in [4.69, 9.17) is 4.74 Å². The molecule has 1 aromatic heterocycles. The van der Waals surface area contributed by atoms with Gasteiger partial charge in [0.1, 0.15) is 0 Å². The van der Waals surface area contributed by atoms with Crippen LogP contribution in [0, 0.1) is 0 Å². The number of likely N-dealkylation sites (tertiary alicyclic amines) is 2. The molecule has 7 rings (SSSR count). The van der Waals surface area contributed by atoms with Crippen LogP contribution in [0.4, 0.5) is 15.3 Å². The second kappa shape index (κ2) is 13.3. The molecule has 2 aromatic carbocycles. The van der Waals surface area contributed by atoms with Gasteiger partial charge in [0.2, 0.25) is 0 Å². The SMILES string of the molecule is CN1CCN(C2CCN(C(=O)[C@@H](Cc3ccc4[nH]ncc4c3)OC(=O)N3CCC(N4Cc5ccccc5NC4=O)CC3)CC2)CC1. The van der Waals surface area contributed by atoms with Gasteiger partial charge in [0, 0.05) is 88.5 Å². The van der Waals surface area contributed by atoms with Gasteiger partial charge in [-0.3, -0.25) is 14.8 Å². The summed E-state index contributed by atoms with van der Waals surface area (Å²) in [6.45, 7) is 7.11. The summed E-state index contributed by atoms with van der Waals surface area (Å²) in [5, 5.41) is 11.0. The molecule has 12 heteroatoms. The fraction of sp³-hybridized carbons (Fsp3) is 0.529. The molecular formula is C34H44N8O4. The highest BCUT2D eigenvalue weighted by molar-refractivity contribution is 5.92. The standard InChI is InChI=1S/C34H44N8O4/c1-38-16-18-39(19-17-38)27-8-12-40(13-9-27)32(43)31(21-24-6-7-30-26(20-24)22-35-37-30)46-34(45)41-14-10-28(11-15-41)42-23-25-4-2-3-5-29(25)36-33(42)44/h2-7,20,22,27-28,31H,8-19,21,23H2,1H3,(H,35,37)(H,36,44)/t31-/m1/s1. The van der Waals surface area contributed by atoms with Crippen molar-refractivity contribution in [2.75, 3.05) is 64.7 Å². The molecule has 2 N–H and O–H groups in total. The normalized spacial score (nSPS) is 21.2. The molecule has 0 bridgehead atoms. The van der Waals surface area contributed by atoms with E-state index >= 15 is 0 Å². The number of hydrogen-bond donors (Lipinski definition) is 2. The van der Waals surface area contributed by atoms with E-state index in [0.29, 0.717) is 58.0 Å². The lowest BCUT2D eigenvalue weighted by Gasteiger charge is -2.42. The highest BCUT2D eigenvalue weighted by Crippen LogP contribution is 2.28. The van der Waals surface area contributed by atoms with Gasteiger partial charge in [0.15, 0.2) is 6.10 Å². The number of fused-ring (bicyclic) bond motifs is 2. The summed E-state index contributed by atoms with van der Waals surface area (Å²) in [6.07, 6.45) is 3.84. The number of nitrogens with one attached hydrogen (secondary N) is 2. The molecule has 4 aliphatic heterocycles. The van der Waals surface area contributed by atoms with E-state index in [9.17, 15) is 14.4 Å². The molecule has 3 aromatic rings. The van der Waals surface area contributed by atoms with Crippen molar-refractivity contribution in [2.45, 2.75) is 56.8 Å². The zero-order chi connectivity index (χ0) is 31.6. The highest BCUT2D eigenvalue weighted by Gasteiger charge is 2.37. The van der Waals surface area contributed by atoms with Crippen molar-refractivity contribution in [1.29, 1.82) is 0 Å². The molecule has 12 nitrogen and oxygen atoms in total. The van der Waals surface area contributed by atoms with Crippen molar-refractivity contribution in [1.82, 2.24) is 34.7 Å². The zero-order valence-corrected chi connectivity index (χ0v) is 26.6. The number of piperazine rings is 1. The number of urea groups is 1. The van der Waals surface area contributed by atoms with Crippen LogP contribution in [0.15, 0.2) is 48.7 Å². The third-order valence-corrected chi connectivity index (χ3v) is 10.3. The molecule has 0 unspecified atom stereocenters. The maximum absolute atomic E-state index is 14.0. The van der Waals surface area contributed by atoms with Crippen LogP contribution in [0.25, 0.3) is 10.9 Å². The van der Waals surface area contributed by atoms with Gasteiger partial charge in [0.25, 0.3) is 5.91 Å². The summed E-state index contributed by atoms with van der Waals surface area (Å²) >= 11 is 0. The quantitative estimate of drug-likeness (QED) is 0.430. The number of ether oxygens (including phenoxy) is 1. The molecule has 0 aliphatic carbocycles. The Hall–Kier alpha value is -4.16. The van der Waals surface area contributed by atoms with Crippen LogP contribution in [0.2, 0.25) is 0 Å². The molecule has 46 heavy (non-hydrogen) atoms. The molecule has 0 saturated carbocycles. The molecule has 244 valence electrons. The number of hydrogen-bond acceptors (Lipinski definition) is 7. The van der Waals surface area contributed by atoms with Crippen LogP contribution < -0.4 is 5.32 Å². The second-order valence-corrected chi connectivity index (χ2v) is 13.2. The summed E-state index contributed by atoms with van der Waals surface area (Å²) in [5.74, 6) is -0.129. The van der Waals surface area contributed by atoms with Gasteiger partial charge in [-0.05, 0) is 62.1 Å². The largest absolute Gasteiger partial charge is 0.436 e. The molecule has 0 radical (unpaired) electrons. The van der Waals surface area contributed by atoms with E-state index < -0.39 is 12.2 Å². The van der Waals surface area contributed by atoms with Gasteiger partial charge in [-0.25, -0.2) is 9.59 Å². The fourth-order valence-corrected chi connectivity index (χ4v) is 7.43. The molecular weight excluding hydrogens is 584 g/mol. The van der Waals surface area contributed by atoms with Crippen molar-refractivity contribution in [3.63, 3.8) is 0 Å². The van der Waals surface area contributed by atoms with Crippen molar-refractivity contribution < 1.29 is 19.1 Å². The number of para-hydroxylation sites is 1. The Morgan fingerprint density at radius 2 is 1.63 bits per heavy atom. The van der Waals surface area contributed by atoms with Gasteiger partial charge in [0.05, 0.1) is 11.7 Å². The fourth-order valence-electron chi connectivity index (χ4n) is 7.43. The Kier molecular flexibility index (Phi) is 8.81. The molecule has 1 atom stereocenters.